The summed E-state index contributed by atoms with van der Waals surface area (Å²) in [7, 11) is -14.9. The summed E-state index contributed by atoms with van der Waals surface area (Å²) in [5.74, 6) is 1.92. The minimum Gasteiger partial charge on any atom is -0.399 e. The SMILES string of the molecule is N#Cc1ccc([C@H]2Nc3ccc(S(N)(=O)=O)cc3[C@H]3C=CC[C@H]32)cc1.NS(=O)(=O)c1ccc2c(c1)[C@H]1C=CC[C@H]1[C@@H](c1ccc([N+](=O)[O-])cc1)N2.NS(=O)(=O)c1ccc2c(c1)[C@H]1C=CC[C@H]1[C@@H](c1ccsc1)N2.Nc1ccc([C@H]2Nc3ccc(S(N)(=O)=O)cc3[C@H]3C=CC[C@H]32)cc1. The molecule has 16 rings (SSSR count). The molecule has 97 heavy (non-hydrogen) atoms. The highest BCUT2D eigenvalue weighted by Crippen LogP contribution is 2.54. The Bertz CT molecular complexity index is 5050. The van der Waals surface area contributed by atoms with E-state index in [0.717, 1.165) is 87.5 Å². The lowest BCUT2D eigenvalue weighted by atomic mass is 9.77. The summed E-state index contributed by atoms with van der Waals surface area (Å²) in [4.78, 5) is 11.0. The van der Waals surface area contributed by atoms with Crippen LogP contribution in [0, 0.1) is 45.1 Å². The number of anilines is 5. The number of hydrogen-bond donors (Lipinski definition) is 9. The number of hydrogen-bond acceptors (Lipinski definition) is 17. The molecule has 0 amide bonds. The number of nitrogens with two attached hydrogens (primary N) is 5. The fourth-order valence-corrected chi connectivity index (χ4v) is 17.9. The maximum absolute atomic E-state index is 11.7. The van der Waals surface area contributed by atoms with E-state index < -0.39 is 45.0 Å². The van der Waals surface area contributed by atoms with E-state index in [9.17, 15) is 43.8 Å². The summed E-state index contributed by atoms with van der Waals surface area (Å²) in [6, 6.07) is 47.0. The van der Waals surface area contributed by atoms with Crippen LogP contribution in [0.3, 0.4) is 0 Å². The van der Waals surface area contributed by atoms with Crippen molar-refractivity contribution in [1.82, 2.24) is 0 Å². The number of allylic oxidation sites excluding steroid dienone is 8. The molecule has 498 valence electrons. The average Bonchev–Trinajstić information content (AvgIpc) is 1.74. The van der Waals surface area contributed by atoms with Crippen LogP contribution in [0.15, 0.2) is 231 Å². The molecule has 12 atom stereocenters. The molecule has 8 aromatic rings. The van der Waals surface area contributed by atoms with Gasteiger partial charge in [0.1, 0.15) is 0 Å². The normalized spacial score (nSPS) is 24.7. The molecule has 0 bridgehead atoms. The number of nitro benzene ring substituents is 1. The van der Waals surface area contributed by atoms with Gasteiger partial charge in [-0.2, -0.15) is 16.6 Å². The number of nitriles is 1. The fourth-order valence-electron chi connectivity index (χ4n) is 15.0. The van der Waals surface area contributed by atoms with Gasteiger partial charge in [0.15, 0.2) is 0 Å². The Hall–Kier alpha value is -9.27. The molecule has 26 heteroatoms. The number of nitrogen functional groups attached to an aromatic ring is 1. The van der Waals surface area contributed by atoms with Crippen LogP contribution in [-0.4, -0.2) is 38.6 Å². The topological polar surface area (TPSA) is 382 Å². The molecule has 0 spiro atoms. The number of rotatable bonds is 9. The Morgan fingerprint density at radius 1 is 0.423 bits per heavy atom. The molecule has 4 aliphatic heterocycles. The third-order valence-corrected chi connectivity index (χ3v) is 24.1. The number of benzene rings is 7. The first-order valence-corrected chi connectivity index (χ1v) is 38.4. The van der Waals surface area contributed by atoms with Crippen molar-refractivity contribution in [3.8, 4) is 6.07 Å². The number of nitro groups is 1. The summed E-state index contributed by atoms with van der Waals surface area (Å²) in [5, 5.41) is 59.4. The van der Waals surface area contributed by atoms with Crippen molar-refractivity contribution in [3.05, 3.63) is 271 Å². The van der Waals surface area contributed by atoms with Gasteiger partial charge in [0.25, 0.3) is 5.69 Å². The average molecular weight is 1400 g/mol. The third kappa shape index (κ3) is 13.6. The predicted octanol–water partition coefficient (Wildman–Crippen LogP) is 12.1. The van der Waals surface area contributed by atoms with E-state index in [1.54, 1.807) is 72.0 Å². The van der Waals surface area contributed by atoms with E-state index in [2.05, 4.69) is 92.8 Å². The largest absolute Gasteiger partial charge is 0.399 e. The molecule has 4 aliphatic carbocycles. The first-order chi connectivity index (χ1) is 46.3. The van der Waals surface area contributed by atoms with Crippen molar-refractivity contribution in [1.29, 1.82) is 5.26 Å². The summed E-state index contributed by atoms with van der Waals surface area (Å²) >= 11 is 1.70. The number of non-ortho nitro benzene ring substituents is 1. The van der Waals surface area contributed by atoms with E-state index in [-0.39, 0.29) is 79.0 Å². The van der Waals surface area contributed by atoms with Gasteiger partial charge < -0.3 is 27.0 Å². The Morgan fingerprint density at radius 2 is 0.722 bits per heavy atom. The highest BCUT2D eigenvalue weighted by Gasteiger charge is 2.43. The van der Waals surface area contributed by atoms with E-state index >= 15 is 0 Å². The van der Waals surface area contributed by atoms with Crippen molar-refractivity contribution < 1.29 is 38.6 Å². The minimum absolute atomic E-state index is 0.0105. The molecule has 0 fully saturated rings. The summed E-state index contributed by atoms with van der Waals surface area (Å²) in [6.07, 6.45) is 20.9. The molecule has 21 nitrogen and oxygen atoms in total. The van der Waals surface area contributed by atoms with Crippen LogP contribution >= 0.6 is 11.3 Å². The highest BCUT2D eigenvalue weighted by molar-refractivity contribution is 7.90. The Kier molecular flexibility index (Phi) is 18.0. The van der Waals surface area contributed by atoms with Crippen LogP contribution in [0.25, 0.3) is 0 Å². The maximum atomic E-state index is 11.7. The summed E-state index contributed by atoms with van der Waals surface area (Å²) in [5.41, 5.74) is 19.4. The molecule has 8 aliphatic rings. The lowest BCUT2D eigenvalue weighted by Crippen LogP contribution is -2.29. The fraction of sp³-hybridized carbons (Fsp3) is 0.225. The number of nitrogens with zero attached hydrogens (tertiary/aromatic N) is 2. The molecule has 5 heterocycles. The van der Waals surface area contributed by atoms with Gasteiger partial charge in [0, 0.05) is 64.2 Å². The molecule has 1 aromatic heterocycles. The van der Waals surface area contributed by atoms with Gasteiger partial charge in [-0.05, 0) is 208 Å². The minimum atomic E-state index is -3.76. The van der Waals surface area contributed by atoms with Crippen LogP contribution < -0.4 is 47.6 Å². The standard InChI is InChI=1S/C19H17N3O2S.C18H17N3O4S.C18H19N3O2S.C16H16N2O2S2/c20-11-12-4-6-13(7-5-12)19-16-3-1-2-15(16)17-10-14(25(21,23)24)8-9-18(17)22-19;19-26(24,25)13-8-9-17-16(10-13)14-2-1-3-15(14)18(20-17)11-4-6-12(7-5-11)21(22)23;19-12-6-4-11(5-7-12)18-15-3-1-2-14(15)16-10-13(24(20,22)23)8-9-17(16)21-18;17-22(19,20)11-4-5-15-14(8-11)12-2-1-3-13(12)16(18-15)10-6-7-21-9-10/h1-2,4-10,15-16,19,22H,3H2,(H2,21,23,24);1-2,4-10,14-15,18,20H,3H2,(H2,19,24,25);1-2,4-10,14-15,18,21H,3,19H2,(H2,20,22,23);1-2,4-9,12-13,16,18H,3H2,(H2,17,19,20)/t15-,16+,19+;2*14-,15+,18+;12-,13+,16+/m0000/s1. The van der Waals surface area contributed by atoms with Crippen LogP contribution in [-0.2, 0) is 40.1 Å². The second-order valence-electron chi connectivity index (χ2n) is 25.4. The first kappa shape index (κ1) is 66.3. The van der Waals surface area contributed by atoms with Crippen molar-refractivity contribution >= 4 is 85.6 Å². The van der Waals surface area contributed by atoms with Crippen molar-refractivity contribution in [2.75, 3.05) is 27.0 Å². The molecule has 0 saturated heterocycles. The first-order valence-electron chi connectivity index (χ1n) is 31.3. The van der Waals surface area contributed by atoms with Gasteiger partial charge in [-0.25, -0.2) is 54.2 Å². The Labute approximate surface area is 567 Å². The van der Waals surface area contributed by atoms with Crippen LogP contribution in [0.1, 0.15) is 124 Å². The van der Waals surface area contributed by atoms with Gasteiger partial charge >= 0.3 is 0 Å². The van der Waals surface area contributed by atoms with Gasteiger partial charge in [-0.3, -0.25) is 10.1 Å². The molecule has 0 radical (unpaired) electrons. The number of nitrogens with one attached hydrogen (secondary N) is 4. The molecular formula is C71H69N11O10S5. The molecule has 7 aromatic carbocycles. The zero-order valence-electron chi connectivity index (χ0n) is 51.9. The second kappa shape index (κ2) is 26.3. The zero-order valence-corrected chi connectivity index (χ0v) is 56.0. The van der Waals surface area contributed by atoms with E-state index in [0.29, 0.717) is 23.3 Å². The van der Waals surface area contributed by atoms with Crippen LogP contribution in [0.4, 0.5) is 34.1 Å². The lowest BCUT2D eigenvalue weighted by Gasteiger charge is -2.37. The van der Waals surface area contributed by atoms with Gasteiger partial charge in [0.05, 0.1) is 60.3 Å². The van der Waals surface area contributed by atoms with Crippen LogP contribution in [0.5, 0.6) is 0 Å². The smallest absolute Gasteiger partial charge is 0.269 e. The highest BCUT2D eigenvalue weighted by atomic mass is 32.2. The molecule has 0 saturated carbocycles. The number of primary sulfonamides is 4. The summed E-state index contributed by atoms with van der Waals surface area (Å²) < 4.78 is 93.2. The van der Waals surface area contributed by atoms with Crippen LogP contribution in [0.2, 0.25) is 0 Å². The Balaban J connectivity index is 0.000000117. The van der Waals surface area contributed by atoms with Gasteiger partial charge in [-0.15, -0.1) is 0 Å². The van der Waals surface area contributed by atoms with Gasteiger partial charge in [0.2, 0.25) is 40.1 Å². The van der Waals surface area contributed by atoms with Crippen molar-refractivity contribution in [2.45, 2.75) is 93.1 Å². The Morgan fingerprint density at radius 3 is 1.00 bits per heavy atom. The van der Waals surface area contributed by atoms with Gasteiger partial charge in [-0.1, -0.05) is 85.0 Å². The second-order valence-corrected chi connectivity index (χ2v) is 32.4. The number of sulfonamides is 4. The van der Waals surface area contributed by atoms with Crippen molar-refractivity contribution in [3.63, 3.8) is 0 Å². The molecule has 0 unspecified atom stereocenters. The lowest BCUT2D eigenvalue weighted by molar-refractivity contribution is -0.384. The number of fused-ring (bicyclic) bond motifs is 12. The van der Waals surface area contributed by atoms with E-state index in [4.69, 9.17) is 31.6 Å². The molecular weight excluding hydrogens is 1330 g/mol. The summed E-state index contributed by atoms with van der Waals surface area (Å²) in [6.45, 7) is 0. The third-order valence-electron chi connectivity index (χ3n) is 19.7. The van der Waals surface area contributed by atoms with E-state index in [1.807, 2.05) is 60.7 Å². The zero-order chi connectivity index (χ0) is 68.3. The quantitative estimate of drug-likeness (QED) is 0.0280. The van der Waals surface area contributed by atoms with E-state index in [1.165, 1.54) is 35.4 Å². The molecule has 14 N–H and O–H groups in total. The number of thiophene rings is 1. The maximum Gasteiger partial charge on any atom is 0.269 e. The monoisotopic (exact) mass is 1400 g/mol. The van der Waals surface area contributed by atoms with Crippen molar-refractivity contribution in [2.24, 2.45) is 44.2 Å². The predicted molar refractivity (Wildman–Crippen MR) is 376 cm³/mol.